The Bertz CT molecular complexity index is 1310. The van der Waals surface area contributed by atoms with Gasteiger partial charge in [0.05, 0.1) is 20.3 Å². The molecule has 2 aliphatic heterocycles. The predicted octanol–water partition coefficient (Wildman–Crippen LogP) is 3.88. The van der Waals surface area contributed by atoms with Crippen molar-refractivity contribution < 1.29 is 23.5 Å². The van der Waals surface area contributed by atoms with E-state index in [0.717, 1.165) is 11.3 Å². The summed E-state index contributed by atoms with van der Waals surface area (Å²) in [6.07, 6.45) is 2.93. The zero-order chi connectivity index (χ0) is 27.7. The van der Waals surface area contributed by atoms with Crippen molar-refractivity contribution >= 4 is 30.4 Å². The third-order valence-corrected chi connectivity index (χ3v) is 12.7. The first kappa shape index (κ1) is 27.1. The molecule has 0 N–H and O–H groups in total. The fourth-order valence-corrected chi connectivity index (χ4v) is 10.3. The number of ether oxygens (including phenoxy) is 2. The third-order valence-electron chi connectivity index (χ3n) is 7.65. The van der Waals surface area contributed by atoms with Crippen molar-refractivity contribution in [2.45, 2.75) is 44.1 Å². The molecule has 0 radical (unpaired) electrons. The summed E-state index contributed by atoms with van der Waals surface area (Å²) in [7, 11) is -1.17. The van der Waals surface area contributed by atoms with E-state index in [2.05, 4.69) is 45.0 Å². The van der Waals surface area contributed by atoms with Gasteiger partial charge in [0, 0.05) is 6.54 Å². The van der Waals surface area contributed by atoms with Crippen LogP contribution in [-0.2, 0) is 25.3 Å². The zero-order valence-corrected chi connectivity index (χ0v) is 23.9. The van der Waals surface area contributed by atoms with Gasteiger partial charge in [0.15, 0.2) is 5.78 Å². The number of Topliss-reactive ketones (excluding diaryl/α,β-unsaturated/α-hetero) is 1. The van der Waals surface area contributed by atoms with E-state index in [1.807, 2.05) is 66.7 Å². The summed E-state index contributed by atoms with van der Waals surface area (Å²) in [5.41, 5.74) is -0.658. The Kier molecular flexibility index (Phi) is 7.33. The van der Waals surface area contributed by atoms with Crippen LogP contribution in [0.15, 0.2) is 97.1 Å². The molecule has 7 heteroatoms. The fourth-order valence-electron chi connectivity index (χ4n) is 5.69. The van der Waals surface area contributed by atoms with Crippen LogP contribution in [0.5, 0.6) is 5.75 Å². The molecular weight excluding hydrogens is 506 g/mol. The Labute approximate surface area is 231 Å². The van der Waals surface area contributed by atoms with Crippen LogP contribution in [0.4, 0.5) is 0 Å². The summed E-state index contributed by atoms with van der Waals surface area (Å²) in [5, 5.41) is 2.14. The summed E-state index contributed by atoms with van der Waals surface area (Å²) >= 11 is 0. The molecule has 2 aliphatic rings. The average Bonchev–Trinajstić information content (AvgIpc) is 3.47. The highest BCUT2D eigenvalue weighted by Gasteiger charge is 2.57. The highest BCUT2D eigenvalue weighted by Crippen LogP contribution is 2.38. The Morgan fingerprint density at radius 3 is 2.05 bits per heavy atom. The normalized spacial score (nSPS) is 21.2. The first-order valence-corrected chi connectivity index (χ1v) is 15.2. The molecule has 1 saturated heterocycles. The van der Waals surface area contributed by atoms with Crippen LogP contribution in [-0.4, -0.2) is 56.9 Å². The molecule has 39 heavy (non-hydrogen) atoms. The molecule has 0 bridgehead atoms. The Morgan fingerprint density at radius 2 is 1.51 bits per heavy atom. The van der Waals surface area contributed by atoms with Crippen LogP contribution in [0, 0.1) is 0 Å². The molecule has 0 aliphatic carbocycles. The molecule has 0 aromatic heterocycles. The van der Waals surface area contributed by atoms with Crippen LogP contribution in [0.3, 0.4) is 0 Å². The van der Waals surface area contributed by atoms with E-state index in [9.17, 15) is 9.59 Å². The number of benzene rings is 3. The zero-order valence-electron chi connectivity index (χ0n) is 22.9. The van der Waals surface area contributed by atoms with Crippen molar-refractivity contribution in [3.8, 4) is 5.75 Å². The monoisotopic (exact) mass is 541 g/mol. The van der Waals surface area contributed by atoms with Crippen molar-refractivity contribution in [2.24, 2.45) is 0 Å². The molecule has 0 saturated carbocycles. The number of hydrogen-bond donors (Lipinski definition) is 0. The summed E-state index contributed by atoms with van der Waals surface area (Å²) in [6, 6.07) is 28.2. The molecule has 1 amide bonds. The standard InChI is InChI=1S/C32H35NO5Si/c1-31(2,3)39(27-11-7-5-8-12-27,28-13-9-6-10-14-28)37-23-26-19-20-32(38-26)29(34)22-33(30(32)35)21-24-15-17-25(36-4)18-16-24/h5-20,26H,21-23H2,1-4H3/t26-,32+/m0/s1. The Hall–Kier alpha value is -3.52. The lowest BCUT2D eigenvalue weighted by atomic mass is 10.0. The molecule has 2 atom stereocenters. The van der Waals surface area contributed by atoms with Gasteiger partial charge < -0.3 is 18.8 Å². The predicted molar refractivity (Wildman–Crippen MR) is 154 cm³/mol. The van der Waals surface area contributed by atoms with Gasteiger partial charge >= 0.3 is 0 Å². The Morgan fingerprint density at radius 1 is 0.923 bits per heavy atom. The van der Waals surface area contributed by atoms with Gasteiger partial charge in [-0.05, 0) is 39.2 Å². The van der Waals surface area contributed by atoms with Crippen molar-refractivity contribution in [2.75, 3.05) is 20.3 Å². The summed E-state index contributed by atoms with van der Waals surface area (Å²) in [4.78, 5) is 28.2. The number of carbonyl (C=O) groups excluding carboxylic acids is 2. The minimum atomic E-state index is -2.78. The van der Waals surface area contributed by atoms with Crippen LogP contribution in [0.2, 0.25) is 5.04 Å². The number of methoxy groups -OCH3 is 1. The van der Waals surface area contributed by atoms with Crippen LogP contribution in [0.25, 0.3) is 0 Å². The molecular formula is C32H35NO5Si. The summed E-state index contributed by atoms with van der Waals surface area (Å²) in [5.74, 6) is 0.169. The van der Waals surface area contributed by atoms with E-state index < -0.39 is 20.0 Å². The molecule has 1 spiro atoms. The van der Waals surface area contributed by atoms with Crippen molar-refractivity contribution in [1.29, 1.82) is 0 Å². The topological polar surface area (TPSA) is 65.1 Å². The molecule has 2 heterocycles. The van der Waals surface area contributed by atoms with Crippen molar-refractivity contribution in [1.82, 2.24) is 4.90 Å². The maximum atomic E-state index is 13.5. The van der Waals surface area contributed by atoms with E-state index in [4.69, 9.17) is 13.9 Å². The molecule has 0 unspecified atom stereocenters. The van der Waals surface area contributed by atoms with Gasteiger partial charge in [0.1, 0.15) is 11.9 Å². The van der Waals surface area contributed by atoms with Gasteiger partial charge in [-0.25, -0.2) is 0 Å². The lowest BCUT2D eigenvalue weighted by molar-refractivity contribution is -0.151. The lowest BCUT2D eigenvalue weighted by Crippen LogP contribution is -2.67. The van der Waals surface area contributed by atoms with Crippen LogP contribution < -0.4 is 15.1 Å². The number of likely N-dealkylation sites (tertiary alicyclic amines) is 1. The number of hydrogen-bond acceptors (Lipinski definition) is 5. The largest absolute Gasteiger partial charge is 0.497 e. The van der Waals surface area contributed by atoms with Gasteiger partial charge in [-0.3, -0.25) is 9.59 Å². The smallest absolute Gasteiger partial charge is 0.267 e. The second kappa shape index (κ2) is 10.6. The van der Waals surface area contributed by atoms with Gasteiger partial charge in [0.25, 0.3) is 14.2 Å². The molecule has 6 nitrogen and oxygen atoms in total. The van der Waals surface area contributed by atoms with Crippen LogP contribution >= 0.6 is 0 Å². The van der Waals surface area contributed by atoms with Crippen LogP contribution in [0.1, 0.15) is 26.3 Å². The third kappa shape index (κ3) is 4.86. The minimum Gasteiger partial charge on any atom is -0.497 e. The summed E-state index contributed by atoms with van der Waals surface area (Å²) < 4.78 is 18.4. The fraction of sp³-hybridized carbons (Fsp3) is 0.312. The first-order chi connectivity index (χ1) is 18.7. The van der Waals surface area contributed by atoms with E-state index in [1.165, 1.54) is 10.4 Å². The number of carbonyl (C=O) groups is 2. The van der Waals surface area contributed by atoms with E-state index in [1.54, 1.807) is 18.1 Å². The van der Waals surface area contributed by atoms with Gasteiger partial charge in [0.2, 0.25) is 5.60 Å². The second-order valence-electron chi connectivity index (χ2n) is 11.2. The maximum Gasteiger partial charge on any atom is 0.267 e. The van der Waals surface area contributed by atoms with E-state index >= 15 is 0 Å². The second-order valence-corrected chi connectivity index (χ2v) is 15.5. The lowest BCUT2D eigenvalue weighted by Gasteiger charge is -2.43. The molecule has 3 aromatic carbocycles. The van der Waals surface area contributed by atoms with Crippen molar-refractivity contribution in [3.05, 3.63) is 103 Å². The molecule has 3 aromatic rings. The van der Waals surface area contributed by atoms with E-state index in [-0.39, 0.29) is 29.9 Å². The highest BCUT2D eigenvalue weighted by molar-refractivity contribution is 6.99. The van der Waals surface area contributed by atoms with Gasteiger partial charge in [-0.1, -0.05) is 99.6 Å². The van der Waals surface area contributed by atoms with Crippen molar-refractivity contribution in [3.63, 3.8) is 0 Å². The highest BCUT2D eigenvalue weighted by atomic mass is 28.4. The quantitative estimate of drug-likeness (QED) is 0.246. The SMILES string of the molecule is COc1ccc(CN2CC(=O)[C@]3(C=C[C@@H](CO[Si](c4ccccc4)(c4ccccc4)C(C)(C)C)O3)C2=O)cc1. The number of amides is 1. The number of rotatable bonds is 8. The van der Waals surface area contributed by atoms with E-state index in [0.29, 0.717) is 6.54 Å². The first-order valence-electron chi connectivity index (χ1n) is 13.3. The average molecular weight is 542 g/mol. The minimum absolute atomic E-state index is 0.0114. The molecule has 202 valence electrons. The number of ketones is 1. The molecule has 5 rings (SSSR count). The maximum absolute atomic E-state index is 13.5. The summed E-state index contributed by atoms with van der Waals surface area (Å²) in [6.45, 7) is 7.23. The van der Waals surface area contributed by atoms with Gasteiger partial charge in [-0.15, -0.1) is 0 Å². The van der Waals surface area contributed by atoms with Gasteiger partial charge in [-0.2, -0.15) is 0 Å². The Balaban J connectivity index is 1.36. The number of nitrogens with zero attached hydrogens (tertiary/aromatic N) is 1. The molecule has 1 fully saturated rings.